The van der Waals surface area contributed by atoms with Crippen molar-refractivity contribution in [2.24, 2.45) is 0 Å². The SMILES string of the molecule is COc1cnc(C#N)c(OC2CC2)c1. The van der Waals surface area contributed by atoms with Gasteiger partial charge in [0, 0.05) is 6.07 Å². The quantitative estimate of drug-likeness (QED) is 0.724. The molecule has 0 amide bonds. The molecule has 0 spiro atoms. The van der Waals surface area contributed by atoms with E-state index in [-0.39, 0.29) is 6.10 Å². The van der Waals surface area contributed by atoms with Gasteiger partial charge >= 0.3 is 0 Å². The number of methoxy groups -OCH3 is 1. The molecule has 1 aliphatic rings. The van der Waals surface area contributed by atoms with Crippen LogP contribution in [0.3, 0.4) is 0 Å². The minimum Gasteiger partial charge on any atom is -0.495 e. The van der Waals surface area contributed by atoms with Crippen molar-refractivity contribution in [1.82, 2.24) is 4.98 Å². The second kappa shape index (κ2) is 3.54. The predicted molar refractivity (Wildman–Crippen MR) is 49.2 cm³/mol. The lowest BCUT2D eigenvalue weighted by atomic mass is 10.3. The summed E-state index contributed by atoms with van der Waals surface area (Å²) in [4.78, 5) is 3.94. The van der Waals surface area contributed by atoms with Crippen molar-refractivity contribution in [2.75, 3.05) is 7.11 Å². The van der Waals surface area contributed by atoms with Gasteiger partial charge in [-0.3, -0.25) is 0 Å². The maximum absolute atomic E-state index is 8.78. The minimum atomic E-state index is 0.260. The molecule has 1 heterocycles. The van der Waals surface area contributed by atoms with E-state index in [1.54, 1.807) is 13.2 Å². The minimum absolute atomic E-state index is 0.260. The van der Waals surface area contributed by atoms with E-state index in [1.807, 2.05) is 6.07 Å². The summed E-state index contributed by atoms with van der Waals surface area (Å²) in [6, 6.07) is 3.69. The molecule has 4 heteroatoms. The fourth-order valence-electron chi connectivity index (χ4n) is 1.08. The zero-order valence-electron chi connectivity index (χ0n) is 7.86. The van der Waals surface area contributed by atoms with Gasteiger partial charge in [-0.15, -0.1) is 0 Å². The number of nitriles is 1. The lowest BCUT2D eigenvalue weighted by molar-refractivity contribution is 0.298. The topological polar surface area (TPSA) is 55.1 Å². The highest BCUT2D eigenvalue weighted by Gasteiger charge is 2.25. The number of aromatic nitrogens is 1. The maximum Gasteiger partial charge on any atom is 0.182 e. The van der Waals surface area contributed by atoms with Gasteiger partial charge in [0.05, 0.1) is 19.4 Å². The van der Waals surface area contributed by atoms with Crippen LogP contribution in [0.5, 0.6) is 11.5 Å². The van der Waals surface area contributed by atoms with Crippen molar-refractivity contribution in [3.8, 4) is 17.6 Å². The molecule has 2 rings (SSSR count). The Morgan fingerprint density at radius 1 is 1.57 bits per heavy atom. The van der Waals surface area contributed by atoms with Crippen LogP contribution in [0, 0.1) is 11.3 Å². The summed E-state index contributed by atoms with van der Waals surface area (Å²) >= 11 is 0. The van der Waals surface area contributed by atoms with Gasteiger partial charge in [-0.2, -0.15) is 5.26 Å². The van der Waals surface area contributed by atoms with E-state index in [9.17, 15) is 0 Å². The van der Waals surface area contributed by atoms with Gasteiger partial charge in [0.1, 0.15) is 11.8 Å². The molecule has 0 N–H and O–H groups in total. The molecule has 1 fully saturated rings. The Kier molecular flexibility index (Phi) is 2.23. The molecular weight excluding hydrogens is 180 g/mol. The molecule has 0 aromatic carbocycles. The van der Waals surface area contributed by atoms with Crippen molar-refractivity contribution in [3.63, 3.8) is 0 Å². The van der Waals surface area contributed by atoms with Gasteiger partial charge in [0.25, 0.3) is 0 Å². The summed E-state index contributed by atoms with van der Waals surface area (Å²) in [5, 5.41) is 8.78. The number of pyridine rings is 1. The monoisotopic (exact) mass is 190 g/mol. The molecule has 1 saturated carbocycles. The van der Waals surface area contributed by atoms with Gasteiger partial charge < -0.3 is 9.47 Å². The lowest BCUT2D eigenvalue weighted by Gasteiger charge is -2.06. The number of hydrogen-bond acceptors (Lipinski definition) is 4. The van der Waals surface area contributed by atoms with Gasteiger partial charge in [0.2, 0.25) is 0 Å². The number of hydrogen-bond donors (Lipinski definition) is 0. The lowest BCUT2D eigenvalue weighted by Crippen LogP contribution is -2.00. The van der Waals surface area contributed by atoms with Crippen molar-refractivity contribution < 1.29 is 9.47 Å². The first-order valence-corrected chi connectivity index (χ1v) is 4.44. The molecule has 0 saturated heterocycles. The first-order chi connectivity index (χ1) is 6.83. The smallest absolute Gasteiger partial charge is 0.182 e. The number of rotatable bonds is 3. The Hall–Kier alpha value is -1.76. The third-order valence-electron chi connectivity index (χ3n) is 1.99. The number of ether oxygens (including phenoxy) is 2. The van der Waals surface area contributed by atoms with Crippen LogP contribution < -0.4 is 9.47 Å². The third kappa shape index (κ3) is 1.77. The fourth-order valence-corrected chi connectivity index (χ4v) is 1.08. The largest absolute Gasteiger partial charge is 0.495 e. The van der Waals surface area contributed by atoms with Gasteiger partial charge in [-0.05, 0) is 12.8 Å². The number of nitrogens with zero attached hydrogens (tertiary/aromatic N) is 2. The van der Waals surface area contributed by atoms with E-state index in [4.69, 9.17) is 14.7 Å². The van der Waals surface area contributed by atoms with E-state index in [1.165, 1.54) is 6.20 Å². The average Bonchev–Trinajstić information content (AvgIpc) is 3.01. The molecule has 0 radical (unpaired) electrons. The molecule has 1 aliphatic carbocycles. The molecule has 0 bridgehead atoms. The van der Waals surface area contributed by atoms with Crippen molar-refractivity contribution in [3.05, 3.63) is 18.0 Å². The Balaban J connectivity index is 2.27. The molecular formula is C10H10N2O2. The fraction of sp³-hybridized carbons (Fsp3) is 0.400. The van der Waals surface area contributed by atoms with Crippen LogP contribution >= 0.6 is 0 Å². The van der Waals surface area contributed by atoms with Crippen molar-refractivity contribution in [1.29, 1.82) is 5.26 Å². The summed E-state index contributed by atoms with van der Waals surface area (Å²) in [5.41, 5.74) is 0.317. The molecule has 14 heavy (non-hydrogen) atoms. The van der Waals surface area contributed by atoms with Crippen LogP contribution in [0.1, 0.15) is 18.5 Å². The van der Waals surface area contributed by atoms with Gasteiger partial charge in [0.15, 0.2) is 11.4 Å². The van der Waals surface area contributed by atoms with E-state index < -0.39 is 0 Å². The highest BCUT2D eigenvalue weighted by Crippen LogP contribution is 2.30. The van der Waals surface area contributed by atoms with E-state index in [0.717, 1.165) is 12.8 Å². The zero-order chi connectivity index (χ0) is 9.97. The van der Waals surface area contributed by atoms with Crippen LogP contribution in [0.2, 0.25) is 0 Å². The first-order valence-electron chi connectivity index (χ1n) is 4.44. The second-order valence-corrected chi connectivity index (χ2v) is 3.15. The predicted octanol–water partition coefficient (Wildman–Crippen LogP) is 1.50. The first kappa shape index (κ1) is 8.82. The summed E-state index contributed by atoms with van der Waals surface area (Å²) < 4.78 is 10.5. The van der Waals surface area contributed by atoms with Crippen LogP contribution in [0.25, 0.3) is 0 Å². The molecule has 0 aliphatic heterocycles. The maximum atomic E-state index is 8.78. The van der Waals surface area contributed by atoms with Crippen molar-refractivity contribution in [2.45, 2.75) is 18.9 Å². The Morgan fingerprint density at radius 3 is 2.93 bits per heavy atom. The van der Waals surface area contributed by atoms with E-state index in [2.05, 4.69) is 4.98 Å². The van der Waals surface area contributed by atoms with E-state index in [0.29, 0.717) is 17.2 Å². The Morgan fingerprint density at radius 2 is 2.36 bits per heavy atom. The standard InChI is InChI=1S/C10H10N2O2/c1-13-8-4-10(14-7-2-3-7)9(5-11)12-6-8/h4,6-7H,2-3H2,1H3. The average molecular weight is 190 g/mol. The summed E-state index contributed by atoms with van der Waals surface area (Å²) in [5.74, 6) is 1.13. The molecule has 4 nitrogen and oxygen atoms in total. The summed E-state index contributed by atoms with van der Waals surface area (Å²) in [6.07, 6.45) is 3.89. The molecule has 0 atom stereocenters. The van der Waals surface area contributed by atoms with Crippen LogP contribution in [0.4, 0.5) is 0 Å². The molecule has 1 aromatic rings. The summed E-state index contributed by atoms with van der Waals surface area (Å²) in [7, 11) is 1.56. The summed E-state index contributed by atoms with van der Waals surface area (Å²) in [6.45, 7) is 0. The van der Waals surface area contributed by atoms with E-state index >= 15 is 0 Å². The normalized spacial score (nSPS) is 14.6. The van der Waals surface area contributed by atoms with Gasteiger partial charge in [-0.25, -0.2) is 4.98 Å². The van der Waals surface area contributed by atoms with Crippen LogP contribution in [-0.2, 0) is 0 Å². The molecule has 1 aromatic heterocycles. The third-order valence-corrected chi connectivity index (χ3v) is 1.99. The molecule has 72 valence electrons. The van der Waals surface area contributed by atoms with Crippen LogP contribution in [0.15, 0.2) is 12.3 Å². The van der Waals surface area contributed by atoms with Crippen molar-refractivity contribution >= 4 is 0 Å². The highest BCUT2D eigenvalue weighted by molar-refractivity contribution is 5.41. The molecule has 0 unspecified atom stereocenters. The highest BCUT2D eigenvalue weighted by atomic mass is 16.5. The Labute approximate surface area is 82.1 Å². The van der Waals surface area contributed by atoms with Crippen LogP contribution in [-0.4, -0.2) is 18.2 Å². The Bertz CT molecular complexity index is 380. The van der Waals surface area contributed by atoms with Gasteiger partial charge in [-0.1, -0.05) is 0 Å². The zero-order valence-corrected chi connectivity index (χ0v) is 7.86. The second-order valence-electron chi connectivity index (χ2n) is 3.15.